The van der Waals surface area contributed by atoms with E-state index in [2.05, 4.69) is 15.4 Å². The average Bonchev–Trinajstić information content (AvgIpc) is 2.74. The van der Waals surface area contributed by atoms with Gasteiger partial charge < -0.3 is 19.9 Å². The summed E-state index contributed by atoms with van der Waals surface area (Å²) in [6.07, 6.45) is 0. The van der Waals surface area contributed by atoms with Gasteiger partial charge in [-0.1, -0.05) is 0 Å². The lowest BCUT2D eigenvalue weighted by molar-refractivity contribution is 0.0685. The van der Waals surface area contributed by atoms with Crippen LogP contribution in [0.3, 0.4) is 0 Å². The zero-order valence-electron chi connectivity index (χ0n) is 17.1. The maximum Gasteiger partial charge on any atom is 0.362 e. The Balaban J connectivity index is 2.11. The number of rotatable bonds is 7. The maximum absolute atomic E-state index is 13.6. The van der Waals surface area contributed by atoms with Gasteiger partial charge in [0.15, 0.2) is 29.0 Å². The number of methoxy groups -OCH3 is 2. The van der Waals surface area contributed by atoms with Crippen LogP contribution in [0.25, 0.3) is 0 Å². The molecule has 32 heavy (non-hydrogen) atoms. The minimum atomic E-state index is -1.65. The molecule has 0 saturated carbocycles. The Bertz CT molecular complexity index is 1240. The third-order valence-electron chi connectivity index (χ3n) is 4.43. The number of carbonyl (C=O) groups is 1. The summed E-state index contributed by atoms with van der Waals surface area (Å²) < 4.78 is 51.9. The van der Waals surface area contributed by atoms with Crippen molar-refractivity contribution >= 4 is 17.6 Å². The van der Waals surface area contributed by atoms with Crippen LogP contribution < -0.4 is 20.3 Å². The standard InChI is InChI=1S/C20H17F3N4O5/c1-9-4-14(31-2)15(32-3)7-13(9)24-20-25-18(28)17(19(29)30)26-27(20)8-10-5-11(21)16(23)12(22)6-10/h4-7H,8H2,1-3H3,(H,29,30)(H,24,25,28). The average molecular weight is 450 g/mol. The Morgan fingerprint density at radius 1 is 1.09 bits per heavy atom. The van der Waals surface area contributed by atoms with Gasteiger partial charge in [-0.05, 0) is 36.2 Å². The van der Waals surface area contributed by atoms with Crippen molar-refractivity contribution < 1.29 is 32.5 Å². The van der Waals surface area contributed by atoms with Gasteiger partial charge in [-0.3, -0.25) is 4.79 Å². The summed E-state index contributed by atoms with van der Waals surface area (Å²) in [5, 5.41) is 15.8. The zero-order chi connectivity index (χ0) is 23.6. The lowest BCUT2D eigenvalue weighted by Crippen LogP contribution is -2.27. The molecule has 0 bridgehead atoms. The number of carboxylic acids is 1. The lowest BCUT2D eigenvalue weighted by Gasteiger charge is -2.17. The maximum atomic E-state index is 13.6. The molecule has 0 unspecified atom stereocenters. The van der Waals surface area contributed by atoms with Crippen molar-refractivity contribution in [1.82, 2.24) is 14.8 Å². The lowest BCUT2D eigenvalue weighted by atomic mass is 10.1. The Morgan fingerprint density at radius 2 is 1.69 bits per heavy atom. The third-order valence-corrected chi connectivity index (χ3v) is 4.43. The largest absolute Gasteiger partial charge is 0.493 e. The van der Waals surface area contributed by atoms with Gasteiger partial charge in [0.25, 0.3) is 0 Å². The quantitative estimate of drug-likeness (QED) is 0.528. The van der Waals surface area contributed by atoms with E-state index in [-0.39, 0.29) is 11.5 Å². The van der Waals surface area contributed by atoms with Crippen LogP contribution in [0.15, 0.2) is 29.1 Å². The highest BCUT2D eigenvalue weighted by Crippen LogP contribution is 2.34. The van der Waals surface area contributed by atoms with Crippen LogP contribution in [-0.4, -0.2) is 40.1 Å². The van der Waals surface area contributed by atoms with Crippen molar-refractivity contribution in [2.75, 3.05) is 19.5 Å². The van der Waals surface area contributed by atoms with Crippen LogP contribution in [0.5, 0.6) is 11.5 Å². The molecule has 0 amide bonds. The number of nitrogens with zero attached hydrogens (tertiary/aromatic N) is 3. The number of aromatic nitrogens is 3. The van der Waals surface area contributed by atoms with Gasteiger partial charge in [-0.2, -0.15) is 10.1 Å². The van der Waals surface area contributed by atoms with Crippen LogP contribution in [0.2, 0.25) is 0 Å². The molecule has 0 spiro atoms. The monoisotopic (exact) mass is 450 g/mol. The van der Waals surface area contributed by atoms with Crippen LogP contribution in [0, 0.1) is 24.4 Å². The first-order valence-corrected chi connectivity index (χ1v) is 9.00. The molecule has 9 nitrogen and oxygen atoms in total. The van der Waals surface area contributed by atoms with Crippen LogP contribution in [-0.2, 0) is 6.54 Å². The molecule has 0 atom stereocenters. The summed E-state index contributed by atoms with van der Waals surface area (Å²) in [5.41, 5.74) is -1.06. The molecule has 12 heteroatoms. The van der Waals surface area contributed by atoms with Crippen molar-refractivity contribution in [2.24, 2.45) is 0 Å². The van der Waals surface area contributed by atoms with E-state index >= 15 is 0 Å². The van der Waals surface area contributed by atoms with Crippen molar-refractivity contribution in [3.63, 3.8) is 0 Å². The number of halogens is 3. The smallest absolute Gasteiger partial charge is 0.362 e. The first-order valence-electron chi connectivity index (χ1n) is 9.00. The fraction of sp³-hybridized carbons (Fsp3) is 0.200. The van der Waals surface area contributed by atoms with Gasteiger partial charge in [0.05, 0.1) is 20.8 Å². The minimum absolute atomic E-state index is 0.0808. The molecule has 0 aliphatic heterocycles. The second-order valence-electron chi connectivity index (χ2n) is 6.57. The van der Waals surface area contributed by atoms with Gasteiger partial charge in [0.2, 0.25) is 11.6 Å². The molecule has 3 aromatic rings. The van der Waals surface area contributed by atoms with E-state index in [9.17, 15) is 27.9 Å². The van der Waals surface area contributed by atoms with Gasteiger partial charge in [-0.25, -0.2) is 22.6 Å². The number of hydrogen-bond donors (Lipinski definition) is 2. The number of anilines is 2. The van der Waals surface area contributed by atoms with Crippen LogP contribution in [0.1, 0.15) is 21.6 Å². The fourth-order valence-corrected chi connectivity index (χ4v) is 2.86. The van der Waals surface area contributed by atoms with Crippen molar-refractivity contribution in [1.29, 1.82) is 0 Å². The second kappa shape index (κ2) is 8.96. The SMILES string of the molecule is COc1cc(C)c(Nc2nc(=O)c(C(=O)O)nn2Cc2cc(F)c(F)c(F)c2)cc1OC. The van der Waals surface area contributed by atoms with Crippen molar-refractivity contribution in [3.05, 3.63) is 68.9 Å². The number of aromatic carboxylic acids is 1. The van der Waals surface area contributed by atoms with Crippen molar-refractivity contribution in [3.8, 4) is 11.5 Å². The highest BCUT2D eigenvalue weighted by atomic mass is 19.2. The Labute approximate surface area is 179 Å². The first-order chi connectivity index (χ1) is 15.1. The molecule has 0 aliphatic rings. The van der Waals surface area contributed by atoms with Gasteiger partial charge >= 0.3 is 11.5 Å². The first kappa shape index (κ1) is 22.6. The number of carboxylic acid groups (broad SMARTS) is 1. The predicted molar refractivity (Wildman–Crippen MR) is 106 cm³/mol. The van der Waals surface area contributed by atoms with E-state index in [0.717, 1.165) is 16.8 Å². The highest BCUT2D eigenvalue weighted by molar-refractivity contribution is 5.84. The number of hydrogen-bond acceptors (Lipinski definition) is 7. The molecular weight excluding hydrogens is 433 g/mol. The topological polar surface area (TPSA) is 116 Å². The predicted octanol–water partition coefficient (Wildman–Crippen LogP) is 2.87. The molecule has 0 aliphatic carbocycles. The van der Waals surface area contributed by atoms with Crippen molar-refractivity contribution in [2.45, 2.75) is 13.5 Å². The van der Waals surface area contributed by atoms with E-state index < -0.39 is 41.2 Å². The van der Waals surface area contributed by atoms with E-state index in [0.29, 0.717) is 22.7 Å². The van der Waals surface area contributed by atoms with Crippen LogP contribution in [0.4, 0.5) is 24.8 Å². The highest BCUT2D eigenvalue weighted by Gasteiger charge is 2.19. The normalized spacial score (nSPS) is 10.7. The molecular formula is C20H17F3N4O5. The summed E-state index contributed by atoms with van der Waals surface area (Å²) in [6.45, 7) is 1.30. The van der Waals surface area contributed by atoms with E-state index in [4.69, 9.17) is 9.47 Å². The van der Waals surface area contributed by atoms with E-state index in [1.165, 1.54) is 14.2 Å². The third kappa shape index (κ3) is 4.48. The fourth-order valence-electron chi connectivity index (χ4n) is 2.86. The molecule has 2 aromatic carbocycles. The number of aryl methyl sites for hydroxylation is 1. The summed E-state index contributed by atoms with van der Waals surface area (Å²) in [4.78, 5) is 27.1. The molecule has 2 N–H and O–H groups in total. The number of benzene rings is 2. The Hall–Kier alpha value is -4.09. The molecule has 168 valence electrons. The summed E-state index contributed by atoms with van der Waals surface area (Å²) in [7, 11) is 2.88. The molecule has 1 aromatic heterocycles. The molecule has 3 rings (SSSR count). The zero-order valence-corrected chi connectivity index (χ0v) is 17.1. The molecule has 0 radical (unpaired) electrons. The van der Waals surface area contributed by atoms with Gasteiger partial charge in [0, 0.05) is 11.8 Å². The summed E-state index contributed by atoms with van der Waals surface area (Å²) >= 11 is 0. The Morgan fingerprint density at radius 3 is 2.25 bits per heavy atom. The second-order valence-corrected chi connectivity index (χ2v) is 6.57. The van der Waals surface area contributed by atoms with E-state index in [1.807, 2.05) is 0 Å². The van der Waals surface area contributed by atoms with Crippen LogP contribution >= 0.6 is 0 Å². The minimum Gasteiger partial charge on any atom is -0.493 e. The molecule has 1 heterocycles. The molecule has 0 saturated heterocycles. The Kier molecular flexibility index (Phi) is 6.32. The van der Waals surface area contributed by atoms with E-state index in [1.54, 1.807) is 19.1 Å². The summed E-state index contributed by atoms with van der Waals surface area (Å²) in [5.74, 6) is -5.58. The summed E-state index contributed by atoms with van der Waals surface area (Å²) in [6, 6.07) is 4.65. The molecule has 0 fully saturated rings. The number of ether oxygens (including phenoxy) is 2. The van der Waals surface area contributed by atoms with Gasteiger partial charge in [0.1, 0.15) is 0 Å². The number of nitrogens with one attached hydrogen (secondary N) is 1. The van der Waals surface area contributed by atoms with Gasteiger partial charge in [-0.15, -0.1) is 0 Å².